The van der Waals surface area contributed by atoms with Crippen molar-refractivity contribution < 1.29 is 9.18 Å². The zero-order valence-electron chi connectivity index (χ0n) is 20.2. The van der Waals surface area contributed by atoms with Crippen molar-refractivity contribution in [1.82, 2.24) is 9.88 Å². The molecule has 0 saturated carbocycles. The molecule has 0 spiro atoms. The Morgan fingerprint density at radius 1 is 0.892 bits per heavy atom. The number of hydrogen-bond acceptors (Lipinski definition) is 5. The molecule has 4 aromatic carbocycles. The maximum Gasteiger partial charge on any atom is 0.259 e. The fraction of sp³-hybridized carbons (Fsp3) is 0.200. The van der Waals surface area contributed by atoms with Gasteiger partial charge in [-0.15, -0.1) is 11.3 Å². The Morgan fingerprint density at radius 3 is 2.51 bits per heavy atom. The Kier molecular flexibility index (Phi) is 5.41. The van der Waals surface area contributed by atoms with E-state index in [-0.39, 0.29) is 11.7 Å². The van der Waals surface area contributed by atoms with Crippen LogP contribution in [0.3, 0.4) is 0 Å². The summed E-state index contributed by atoms with van der Waals surface area (Å²) in [6.07, 6.45) is 0. The number of nitrogens with zero attached hydrogens (tertiary/aromatic N) is 4. The van der Waals surface area contributed by atoms with E-state index in [1.54, 1.807) is 34.4 Å². The monoisotopic (exact) mass is 508 g/mol. The Balaban J connectivity index is 1.14. The summed E-state index contributed by atoms with van der Waals surface area (Å²) in [6, 6.07) is 23.4. The molecule has 1 saturated heterocycles. The standard InChI is InChI=1S/C30H25FN4OS/c31-26-7-3-4-8-28(26)35-18-25-23-6-2-1-5-22(23)20(15-24(25)30(35)36)17-33-11-13-34(14-12-33)21-9-10-27-29(16-21)37-19-32-27/h1-10,15-16,19H,11-14,17-18H2. The van der Waals surface area contributed by atoms with Crippen LogP contribution in [-0.4, -0.2) is 42.0 Å². The van der Waals surface area contributed by atoms with E-state index in [9.17, 15) is 9.18 Å². The summed E-state index contributed by atoms with van der Waals surface area (Å²) >= 11 is 1.68. The van der Waals surface area contributed by atoms with E-state index in [2.05, 4.69) is 51.2 Å². The van der Waals surface area contributed by atoms with Gasteiger partial charge in [-0.1, -0.05) is 36.4 Å². The molecule has 0 N–H and O–H groups in total. The summed E-state index contributed by atoms with van der Waals surface area (Å²) in [5.41, 5.74) is 7.36. The quantitative estimate of drug-likeness (QED) is 0.295. The van der Waals surface area contributed by atoms with Crippen molar-refractivity contribution in [2.45, 2.75) is 13.1 Å². The van der Waals surface area contributed by atoms with Crippen molar-refractivity contribution in [1.29, 1.82) is 0 Å². The fourth-order valence-corrected chi connectivity index (χ4v) is 6.40. The van der Waals surface area contributed by atoms with Gasteiger partial charge in [-0.3, -0.25) is 9.69 Å². The van der Waals surface area contributed by atoms with Gasteiger partial charge < -0.3 is 9.80 Å². The highest BCUT2D eigenvalue weighted by molar-refractivity contribution is 7.16. The van der Waals surface area contributed by atoms with Gasteiger partial charge in [0, 0.05) is 44.0 Å². The number of aromatic nitrogens is 1. The molecule has 0 radical (unpaired) electrons. The molecule has 37 heavy (non-hydrogen) atoms. The van der Waals surface area contributed by atoms with Crippen molar-refractivity contribution in [3.05, 3.63) is 101 Å². The van der Waals surface area contributed by atoms with Gasteiger partial charge in [-0.2, -0.15) is 0 Å². The van der Waals surface area contributed by atoms with Gasteiger partial charge in [0.2, 0.25) is 0 Å². The summed E-state index contributed by atoms with van der Waals surface area (Å²) < 4.78 is 15.8. The maximum atomic E-state index is 14.5. The SMILES string of the molecule is O=C1c2cc(CN3CCN(c4ccc5ncsc5c4)CC3)c3ccccc3c2CN1c1ccccc1F. The van der Waals surface area contributed by atoms with E-state index in [1.165, 1.54) is 21.8 Å². The highest BCUT2D eigenvalue weighted by Crippen LogP contribution is 2.36. The largest absolute Gasteiger partial charge is 0.369 e. The van der Waals surface area contributed by atoms with Crippen LogP contribution < -0.4 is 9.80 Å². The van der Waals surface area contributed by atoms with Gasteiger partial charge in [-0.05, 0) is 58.3 Å². The number of carbonyl (C=O) groups is 1. The number of para-hydroxylation sites is 1. The second-order valence-electron chi connectivity index (χ2n) is 9.72. The number of carbonyl (C=O) groups excluding carboxylic acids is 1. The predicted molar refractivity (Wildman–Crippen MR) is 148 cm³/mol. The minimum absolute atomic E-state index is 0.129. The topological polar surface area (TPSA) is 39.7 Å². The third-order valence-corrected chi connectivity index (χ3v) is 8.41. The first kappa shape index (κ1) is 22.4. The Labute approximate surface area is 218 Å². The van der Waals surface area contributed by atoms with Crippen LogP contribution in [-0.2, 0) is 13.1 Å². The number of amides is 1. The lowest BCUT2D eigenvalue weighted by Gasteiger charge is -2.36. The van der Waals surface area contributed by atoms with Crippen LogP contribution >= 0.6 is 11.3 Å². The number of hydrogen-bond donors (Lipinski definition) is 0. The average Bonchev–Trinajstić information content (AvgIpc) is 3.54. The molecule has 0 atom stereocenters. The number of thiazole rings is 1. The van der Waals surface area contributed by atoms with Gasteiger partial charge in [0.1, 0.15) is 5.82 Å². The van der Waals surface area contributed by atoms with Crippen LogP contribution in [0.2, 0.25) is 0 Å². The van der Waals surface area contributed by atoms with Gasteiger partial charge in [0.05, 0.1) is 28.0 Å². The minimum Gasteiger partial charge on any atom is -0.369 e. The zero-order chi connectivity index (χ0) is 24.9. The molecule has 0 aliphatic carbocycles. The Morgan fingerprint density at radius 2 is 1.68 bits per heavy atom. The van der Waals surface area contributed by atoms with Crippen LogP contribution in [0.1, 0.15) is 21.5 Å². The van der Waals surface area contributed by atoms with E-state index < -0.39 is 0 Å². The normalized spacial score (nSPS) is 16.2. The second-order valence-corrected chi connectivity index (χ2v) is 10.6. The first-order valence-corrected chi connectivity index (χ1v) is 13.4. The van der Waals surface area contributed by atoms with Crippen LogP contribution in [0.25, 0.3) is 21.0 Å². The molecule has 2 aliphatic rings. The first-order valence-electron chi connectivity index (χ1n) is 12.6. The second kappa shape index (κ2) is 8.94. The number of rotatable bonds is 4. The third kappa shape index (κ3) is 3.86. The molecule has 7 rings (SSSR count). The first-order chi connectivity index (χ1) is 18.2. The van der Waals surface area contributed by atoms with Crippen molar-refractivity contribution >= 4 is 49.6 Å². The maximum absolute atomic E-state index is 14.5. The van der Waals surface area contributed by atoms with Gasteiger partial charge in [0.15, 0.2) is 0 Å². The predicted octanol–water partition coefficient (Wildman–Crippen LogP) is 6.07. The number of piperazine rings is 1. The molecule has 0 bridgehead atoms. The molecule has 3 heterocycles. The van der Waals surface area contributed by atoms with Crippen molar-refractivity contribution in [2.75, 3.05) is 36.0 Å². The van der Waals surface area contributed by atoms with Gasteiger partial charge in [-0.25, -0.2) is 9.37 Å². The third-order valence-electron chi connectivity index (χ3n) is 7.62. The smallest absolute Gasteiger partial charge is 0.259 e. The van der Waals surface area contributed by atoms with Gasteiger partial charge >= 0.3 is 0 Å². The van der Waals surface area contributed by atoms with Crippen molar-refractivity contribution in [3.8, 4) is 0 Å². The van der Waals surface area contributed by atoms with Crippen molar-refractivity contribution in [2.24, 2.45) is 0 Å². The lowest BCUT2D eigenvalue weighted by molar-refractivity contribution is 0.0995. The lowest BCUT2D eigenvalue weighted by Crippen LogP contribution is -2.46. The molecule has 1 fully saturated rings. The van der Waals surface area contributed by atoms with E-state index in [0.717, 1.165) is 54.8 Å². The van der Waals surface area contributed by atoms with Crippen LogP contribution in [0.5, 0.6) is 0 Å². The van der Waals surface area contributed by atoms with Gasteiger partial charge in [0.25, 0.3) is 5.91 Å². The molecule has 1 amide bonds. The van der Waals surface area contributed by atoms with E-state index in [4.69, 9.17) is 0 Å². The van der Waals surface area contributed by atoms with Crippen LogP contribution in [0.15, 0.2) is 78.3 Å². The molecule has 0 unspecified atom stereocenters. The molecular weight excluding hydrogens is 483 g/mol. The highest BCUT2D eigenvalue weighted by Gasteiger charge is 2.32. The highest BCUT2D eigenvalue weighted by atomic mass is 32.1. The van der Waals surface area contributed by atoms with Crippen molar-refractivity contribution in [3.63, 3.8) is 0 Å². The molecule has 1 aromatic heterocycles. The number of anilines is 2. The van der Waals surface area contributed by atoms with E-state index in [0.29, 0.717) is 17.8 Å². The lowest BCUT2D eigenvalue weighted by atomic mass is 9.95. The molecular formula is C30H25FN4OS. The fourth-order valence-electron chi connectivity index (χ4n) is 5.69. The summed E-state index contributed by atoms with van der Waals surface area (Å²) in [6.45, 7) is 4.96. The average molecular weight is 509 g/mol. The summed E-state index contributed by atoms with van der Waals surface area (Å²) in [4.78, 5) is 24.3. The minimum atomic E-state index is -0.374. The number of fused-ring (bicyclic) bond motifs is 4. The number of benzene rings is 4. The summed E-state index contributed by atoms with van der Waals surface area (Å²) in [5.74, 6) is -0.504. The zero-order valence-corrected chi connectivity index (χ0v) is 21.0. The van der Waals surface area contributed by atoms with E-state index in [1.807, 2.05) is 17.6 Å². The molecule has 184 valence electrons. The molecule has 5 aromatic rings. The van der Waals surface area contributed by atoms with E-state index >= 15 is 0 Å². The molecule has 5 nitrogen and oxygen atoms in total. The number of halogens is 1. The summed E-state index contributed by atoms with van der Waals surface area (Å²) in [5, 5.41) is 2.25. The Bertz CT molecular complexity index is 1660. The summed E-state index contributed by atoms with van der Waals surface area (Å²) in [7, 11) is 0. The molecule has 7 heteroatoms. The van der Waals surface area contributed by atoms with Crippen LogP contribution in [0, 0.1) is 5.82 Å². The van der Waals surface area contributed by atoms with Crippen LogP contribution in [0.4, 0.5) is 15.8 Å². The molecule has 2 aliphatic heterocycles. The Hall–Kier alpha value is -3.81.